The average molecular weight is 349 g/mol. The Morgan fingerprint density at radius 2 is 2.04 bits per heavy atom. The van der Waals surface area contributed by atoms with E-state index in [1.165, 1.54) is 12.3 Å². The lowest BCUT2D eigenvalue weighted by atomic mass is 9.91. The van der Waals surface area contributed by atoms with Crippen molar-refractivity contribution < 1.29 is 18.4 Å². The van der Waals surface area contributed by atoms with Crippen LogP contribution in [-0.4, -0.2) is 29.9 Å². The molecule has 0 aliphatic carbocycles. The van der Waals surface area contributed by atoms with E-state index < -0.39 is 17.6 Å². The number of nitrogens with zero attached hydrogens (tertiary/aromatic N) is 2. The molecule has 3 rings (SSSR count). The third-order valence-electron chi connectivity index (χ3n) is 4.85. The quantitative estimate of drug-likeness (QED) is 0.852. The van der Waals surface area contributed by atoms with Crippen molar-refractivity contribution in [2.24, 2.45) is 0 Å². The average Bonchev–Trinajstić information content (AvgIpc) is 2.61. The van der Waals surface area contributed by atoms with Gasteiger partial charge in [-0.15, -0.1) is 0 Å². The maximum absolute atomic E-state index is 14.5. The number of hydrogen-bond donors (Lipinski definition) is 1. The first-order valence-electron chi connectivity index (χ1n) is 8.60. The lowest BCUT2D eigenvalue weighted by Gasteiger charge is -2.30. The van der Waals surface area contributed by atoms with E-state index >= 15 is 0 Å². The zero-order valence-electron chi connectivity index (χ0n) is 14.1. The second-order valence-electron chi connectivity index (χ2n) is 6.43. The first kappa shape index (κ1) is 17.5. The minimum atomic E-state index is -0.553. The van der Waals surface area contributed by atoms with Gasteiger partial charge in [-0.1, -0.05) is 6.92 Å². The summed E-state index contributed by atoms with van der Waals surface area (Å²) >= 11 is 0. The summed E-state index contributed by atoms with van der Waals surface area (Å²) in [6, 6.07) is 1.32. The Labute approximate surface area is 145 Å². The molecule has 134 valence electrons. The van der Waals surface area contributed by atoms with Crippen molar-refractivity contribution in [3.05, 3.63) is 35.0 Å². The van der Waals surface area contributed by atoms with Crippen LogP contribution in [0.5, 0.6) is 0 Å². The summed E-state index contributed by atoms with van der Waals surface area (Å²) in [7, 11) is 0. The van der Waals surface area contributed by atoms with Gasteiger partial charge in [-0.25, -0.2) is 13.8 Å². The summed E-state index contributed by atoms with van der Waals surface area (Å²) in [5.74, 6) is -1.60. The molecule has 2 fully saturated rings. The molecular formula is C18H21F2N3O2. The van der Waals surface area contributed by atoms with Crippen LogP contribution >= 0.6 is 0 Å². The fourth-order valence-electron chi connectivity index (χ4n) is 3.39. The van der Waals surface area contributed by atoms with E-state index in [1.807, 2.05) is 0 Å². The van der Waals surface area contributed by atoms with Crippen LogP contribution in [0, 0.1) is 5.82 Å². The molecule has 2 aliphatic heterocycles. The van der Waals surface area contributed by atoms with Gasteiger partial charge >= 0.3 is 0 Å². The Morgan fingerprint density at radius 3 is 2.64 bits per heavy atom. The van der Waals surface area contributed by atoms with E-state index in [-0.39, 0.29) is 24.0 Å². The van der Waals surface area contributed by atoms with E-state index in [1.54, 1.807) is 11.8 Å². The second kappa shape index (κ2) is 7.29. The van der Waals surface area contributed by atoms with E-state index in [0.717, 1.165) is 5.57 Å². The van der Waals surface area contributed by atoms with Crippen molar-refractivity contribution in [1.29, 1.82) is 0 Å². The van der Waals surface area contributed by atoms with E-state index in [2.05, 4.69) is 10.3 Å². The van der Waals surface area contributed by atoms with Gasteiger partial charge in [0.15, 0.2) is 11.6 Å². The molecular weight excluding hydrogens is 328 g/mol. The van der Waals surface area contributed by atoms with Gasteiger partial charge in [0.1, 0.15) is 0 Å². The summed E-state index contributed by atoms with van der Waals surface area (Å²) in [6.45, 7) is 2.82. The van der Waals surface area contributed by atoms with Crippen molar-refractivity contribution in [3.63, 3.8) is 0 Å². The lowest BCUT2D eigenvalue weighted by molar-refractivity contribution is -0.134. The number of amides is 2. The first-order valence-corrected chi connectivity index (χ1v) is 8.60. The van der Waals surface area contributed by atoms with Gasteiger partial charge in [-0.3, -0.25) is 14.9 Å². The summed E-state index contributed by atoms with van der Waals surface area (Å²) in [5, 5.41) is 2.27. The number of rotatable bonds is 3. The van der Waals surface area contributed by atoms with E-state index in [9.17, 15) is 18.4 Å². The highest BCUT2D eigenvalue weighted by Crippen LogP contribution is 2.30. The topological polar surface area (TPSA) is 62.3 Å². The molecule has 2 amide bonds. The van der Waals surface area contributed by atoms with Gasteiger partial charge in [-0.2, -0.15) is 0 Å². The minimum absolute atomic E-state index is 0.0683. The third-order valence-corrected chi connectivity index (χ3v) is 4.85. The van der Waals surface area contributed by atoms with Crippen molar-refractivity contribution in [1.82, 2.24) is 10.3 Å². The number of anilines is 1. The molecule has 2 saturated heterocycles. The first-order chi connectivity index (χ1) is 12.0. The maximum Gasteiger partial charge on any atom is 0.234 e. The second-order valence-corrected chi connectivity index (χ2v) is 6.43. The normalized spacial score (nSPS) is 21.3. The van der Waals surface area contributed by atoms with Crippen LogP contribution in [0.3, 0.4) is 0 Å². The van der Waals surface area contributed by atoms with Crippen LogP contribution in [0.15, 0.2) is 23.7 Å². The van der Waals surface area contributed by atoms with Crippen molar-refractivity contribution in [3.8, 4) is 0 Å². The van der Waals surface area contributed by atoms with Gasteiger partial charge in [0.2, 0.25) is 11.8 Å². The SMILES string of the molecule is CCC(F)=C1CCN(c2ncc(C3CCC(=O)NC3=O)cc2F)CC1. The number of pyridine rings is 1. The lowest BCUT2D eigenvalue weighted by Crippen LogP contribution is -2.39. The smallest absolute Gasteiger partial charge is 0.234 e. The van der Waals surface area contributed by atoms with Gasteiger partial charge in [-0.05, 0) is 42.9 Å². The van der Waals surface area contributed by atoms with Gasteiger partial charge in [0, 0.05) is 25.7 Å². The molecule has 0 aromatic carbocycles. The number of nitrogens with one attached hydrogen (secondary N) is 1. The van der Waals surface area contributed by atoms with E-state index in [0.29, 0.717) is 44.3 Å². The third kappa shape index (κ3) is 3.70. The number of allylic oxidation sites excluding steroid dienone is 1. The minimum Gasteiger partial charge on any atom is -0.354 e. The zero-order chi connectivity index (χ0) is 18.0. The molecule has 0 spiro atoms. The Hall–Kier alpha value is -2.31. The highest BCUT2D eigenvalue weighted by atomic mass is 19.1. The monoisotopic (exact) mass is 349 g/mol. The Morgan fingerprint density at radius 1 is 1.32 bits per heavy atom. The van der Waals surface area contributed by atoms with Crippen LogP contribution in [0.2, 0.25) is 0 Å². The molecule has 1 aromatic heterocycles. The number of aromatic nitrogens is 1. The maximum atomic E-state index is 14.5. The molecule has 1 aromatic rings. The zero-order valence-corrected chi connectivity index (χ0v) is 14.1. The van der Waals surface area contributed by atoms with Gasteiger partial charge in [0.05, 0.1) is 11.7 Å². The highest BCUT2D eigenvalue weighted by molar-refractivity contribution is 6.00. The molecule has 1 N–H and O–H groups in total. The molecule has 5 nitrogen and oxygen atoms in total. The molecule has 1 atom stereocenters. The predicted octanol–water partition coefficient (Wildman–Crippen LogP) is 2.97. The number of hydrogen-bond acceptors (Lipinski definition) is 4. The molecule has 7 heteroatoms. The number of halogens is 2. The fourth-order valence-corrected chi connectivity index (χ4v) is 3.39. The summed E-state index contributed by atoms with van der Waals surface area (Å²) in [5.41, 5.74) is 1.28. The van der Waals surface area contributed by atoms with Gasteiger partial charge in [0.25, 0.3) is 0 Å². The molecule has 25 heavy (non-hydrogen) atoms. The van der Waals surface area contributed by atoms with E-state index in [4.69, 9.17) is 0 Å². The number of imide groups is 1. The summed E-state index contributed by atoms with van der Waals surface area (Å²) in [6.07, 6.45) is 3.62. The van der Waals surface area contributed by atoms with Crippen LogP contribution in [0.4, 0.5) is 14.6 Å². The molecule has 2 aliphatic rings. The molecule has 3 heterocycles. The van der Waals surface area contributed by atoms with Crippen molar-refractivity contribution >= 4 is 17.6 Å². The van der Waals surface area contributed by atoms with Crippen molar-refractivity contribution in [2.45, 2.75) is 44.9 Å². The summed E-state index contributed by atoms with van der Waals surface area (Å²) in [4.78, 5) is 29.1. The summed E-state index contributed by atoms with van der Waals surface area (Å²) < 4.78 is 28.2. The number of carbonyl (C=O) groups excluding carboxylic acids is 2. The van der Waals surface area contributed by atoms with Crippen LogP contribution in [0.25, 0.3) is 0 Å². The Kier molecular flexibility index (Phi) is 5.11. The van der Waals surface area contributed by atoms with Crippen LogP contribution in [-0.2, 0) is 9.59 Å². The highest BCUT2D eigenvalue weighted by Gasteiger charge is 2.29. The van der Waals surface area contributed by atoms with Crippen LogP contribution < -0.4 is 10.2 Å². The molecule has 1 unspecified atom stereocenters. The number of carbonyl (C=O) groups is 2. The number of piperidine rings is 2. The Bertz CT molecular complexity index is 723. The largest absolute Gasteiger partial charge is 0.354 e. The van der Waals surface area contributed by atoms with Crippen molar-refractivity contribution in [2.75, 3.05) is 18.0 Å². The fraction of sp³-hybridized carbons (Fsp3) is 0.500. The predicted molar refractivity (Wildman–Crippen MR) is 89.2 cm³/mol. The molecule has 0 saturated carbocycles. The Balaban J connectivity index is 1.73. The molecule has 0 radical (unpaired) electrons. The molecule has 0 bridgehead atoms. The standard InChI is InChI=1S/C18H21F2N3O2/c1-2-14(19)11-5-7-23(8-6-11)17-15(20)9-12(10-21-17)13-3-4-16(24)22-18(13)25/h9-10,13H,2-8H2,1H3,(H,22,24,25). The van der Waals surface area contributed by atoms with Crippen LogP contribution in [0.1, 0.15) is 50.5 Å². The van der Waals surface area contributed by atoms with Gasteiger partial charge < -0.3 is 4.90 Å².